The molecule has 0 bridgehead atoms. The van der Waals surface area contributed by atoms with Crippen molar-refractivity contribution >= 4 is 15.9 Å². The quantitative estimate of drug-likeness (QED) is 0.550. The summed E-state index contributed by atoms with van der Waals surface area (Å²) in [6.07, 6.45) is 1.52. The molecule has 42 valence electrons. The van der Waals surface area contributed by atoms with Crippen LogP contribution in [-0.2, 0) is 0 Å². The van der Waals surface area contributed by atoms with Gasteiger partial charge in [-0.15, -0.1) is 0 Å². The first kappa shape index (κ1) is 5.69. The zero-order valence-corrected chi connectivity index (χ0v) is 5.52. The van der Waals surface area contributed by atoms with Crippen molar-refractivity contribution in [1.82, 2.24) is 4.98 Å². The Morgan fingerprint density at radius 2 is 2.38 bits per heavy atom. The minimum Gasteiger partial charge on any atom is -0.246 e. The Morgan fingerprint density at radius 3 is 2.75 bits per heavy atom. The highest BCUT2D eigenvalue weighted by Gasteiger charge is 1.92. The number of hydrogen-bond donors (Lipinski definition) is 0. The van der Waals surface area contributed by atoms with E-state index >= 15 is 0 Å². The number of rotatable bonds is 0. The van der Waals surface area contributed by atoms with E-state index in [1.807, 2.05) is 0 Å². The highest BCUT2D eigenvalue weighted by molar-refractivity contribution is 9.10. The lowest BCUT2D eigenvalue weighted by atomic mass is 10.5. The molecule has 1 aromatic rings. The van der Waals surface area contributed by atoms with Crippen molar-refractivity contribution in [3.8, 4) is 0 Å². The largest absolute Gasteiger partial charge is 0.246 e. The highest BCUT2D eigenvalue weighted by atomic mass is 79.9. The molecule has 0 atom stereocenters. The van der Waals surface area contributed by atoms with Gasteiger partial charge in [0, 0.05) is 6.20 Å². The third kappa shape index (κ3) is 1.04. The Morgan fingerprint density at radius 1 is 1.62 bits per heavy atom. The Balaban J connectivity index is 3.13. The molecular weight excluding hydrogens is 173 g/mol. The van der Waals surface area contributed by atoms with Crippen LogP contribution in [0.3, 0.4) is 0 Å². The summed E-state index contributed by atoms with van der Waals surface area (Å²) in [5.74, 6) is -0.326. The maximum atomic E-state index is 12.2. The molecule has 0 spiro atoms. The van der Waals surface area contributed by atoms with Gasteiger partial charge in [-0.3, -0.25) is 0 Å². The molecule has 0 aliphatic heterocycles. The molecule has 0 aromatic carbocycles. The Bertz CT molecular complexity index is 169. The summed E-state index contributed by atoms with van der Waals surface area (Å²) in [6, 6.07) is 2.89. The molecule has 8 heavy (non-hydrogen) atoms. The summed E-state index contributed by atoms with van der Waals surface area (Å²) in [7, 11) is 0. The fourth-order valence-electron chi connectivity index (χ4n) is 0.366. The minimum absolute atomic E-state index is 0.264. The summed E-state index contributed by atoms with van der Waals surface area (Å²) in [5, 5.41) is 0. The number of nitrogens with zero attached hydrogens (tertiary/aromatic N) is 1. The molecule has 0 saturated heterocycles. The Labute approximate surface area is 54.7 Å². The van der Waals surface area contributed by atoms with Crippen LogP contribution < -0.4 is 0 Å². The van der Waals surface area contributed by atoms with Gasteiger partial charge < -0.3 is 0 Å². The average Bonchev–Trinajstić information content (AvgIpc) is 1.77. The second kappa shape index (κ2) is 2.22. The van der Waals surface area contributed by atoms with Crippen LogP contribution in [-0.4, -0.2) is 4.98 Å². The zero-order valence-electron chi connectivity index (χ0n) is 3.94. The fraction of sp³-hybridized carbons (Fsp3) is 0. The van der Waals surface area contributed by atoms with Crippen LogP contribution in [0.1, 0.15) is 0 Å². The van der Waals surface area contributed by atoms with Crippen LogP contribution in [0.5, 0.6) is 0 Å². The molecule has 0 amide bonds. The van der Waals surface area contributed by atoms with Gasteiger partial charge in [-0.25, -0.2) is 9.37 Å². The summed E-state index contributed by atoms with van der Waals surface area (Å²) >= 11 is 2.91. The van der Waals surface area contributed by atoms with Gasteiger partial charge in [0.05, 0.1) is 0 Å². The molecule has 0 aliphatic rings. The molecule has 0 aliphatic carbocycles. The van der Waals surface area contributed by atoms with Crippen LogP contribution in [0.15, 0.2) is 22.9 Å². The van der Waals surface area contributed by atoms with E-state index in [4.69, 9.17) is 0 Å². The van der Waals surface area contributed by atoms with Gasteiger partial charge in [-0.1, -0.05) is 0 Å². The summed E-state index contributed by atoms with van der Waals surface area (Å²) in [4.78, 5) is 3.62. The third-order valence-electron chi connectivity index (χ3n) is 0.714. The molecule has 0 saturated carbocycles. The fourth-order valence-corrected chi connectivity index (χ4v) is 0.617. The van der Waals surface area contributed by atoms with Crippen molar-refractivity contribution in [3.63, 3.8) is 0 Å². The molecule has 0 fully saturated rings. The average molecular weight is 176 g/mol. The molecular formula is C5H3BrFN. The van der Waals surface area contributed by atoms with Crippen LogP contribution in [0.25, 0.3) is 0 Å². The van der Waals surface area contributed by atoms with Crippen LogP contribution in [0.4, 0.5) is 4.39 Å². The molecule has 1 heterocycles. The first-order chi connectivity index (χ1) is 3.80. The van der Waals surface area contributed by atoms with Crippen molar-refractivity contribution in [2.45, 2.75) is 0 Å². The predicted octanol–water partition coefficient (Wildman–Crippen LogP) is 1.98. The topological polar surface area (TPSA) is 12.9 Å². The third-order valence-corrected chi connectivity index (χ3v) is 1.30. The molecule has 0 N–H and O–H groups in total. The molecule has 0 radical (unpaired) electrons. The van der Waals surface area contributed by atoms with Gasteiger partial charge in [0.2, 0.25) is 0 Å². The van der Waals surface area contributed by atoms with Gasteiger partial charge >= 0.3 is 0 Å². The van der Waals surface area contributed by atoms with Crippen molar-refractivity contribution in [1.29, 1.82) is 0 Å². The van der Waals surface area contributed by atoms with Crippen LogP contribution in [0, 0.1) is 5.82 Å². The number of aromatic nitrogens is 1. The van der Waals surface area contributed by atoms with E-state index in [-0.39, 0.29) is 10.4 Å². The summed E-state index contributed by atoms with van der Waals surface area (Å²) in [5.41, 5.74) is 0. The maximum Gasteiger partial charge on any atom is 0.155 e. The lowest BCUT2D eigenvalue weighted by molar-refractivity contribution is 0.613. The second-order valence-corrected chi connectivity index (χ2v) is 2.03. The Kier molecular flexibility index (Phi) is 1.58. The minimum atomic E-state index is -0.326. The lowest BCUT2D eigenvalue weighted by Crippen LogP contribution is -1.77. The van der Waals surface area contributed by atoms with Crippen molar-refractivity contribution in [2.75, 3.05) is 0 Å². The zero-order chi connectivity index (χ0) is 5.98. The predicted molar refractivity (Wildman–Crippen MR) is 31.9 cm³/mol. The maximum absolute atomic E-state index is 12.2. The van der Waals surface area contributed by atoms with Crippen LogP contribution >= 0.6 is 15.9 Å². The van der Waals surface area contributed by atoms with E-state index < -0.39 is 0 Å². The molecule has 1 nitrogen and oxygen atoms in total. The standard InChI is InChI=1S/C5H3BrFN/c6-5-4(7)2-1-3-8-5/h1-3H. The van der Waals surface area contributed by atoms with Gasteiger partial charge in [-0.2, -0.15) is 0 Å². The smallest absolute Gasteiger partial charge is 0.155 e. The van der Waals surface area contributed by atoms with E-state index in [2.05, 4.69) is 20.9 Å². The van der Waals surface area contributed by atoms with Gasteiger partial charge in [-0.05, 0) is 28.1 Å². The van der Waals surface area contributed by atoms with E-state index in [1.54, 1.807) is 6.07 Å². The van der Waals surface area contributed by atoms with Crippen molar-refractivity contribution < 1.29 is 4.39 Å². The second-order valence-electron chi connectivity index (χ2n) is 1.28. The Hall–Kier alpha value is -0.440. The van der Waals surface area contributed by atoms with E-state index in [0.717, 1.165) is 0 Å². The monoisotopic (exact) mass is 175 g/mol. The number of pyridine rings is 1. The summed E-state index contributed by atoms with van der Waals surface area (Å²) < 4.78 is 12.5. The highest BCUT2D eigenvalue weighted by Crippen LogP contribution is 2.08. The van der Waals surface area contributed by atoms with Crippen molar-refractivity contribution in [3.05, 3.63) is 28.7 Å². The first-order valence-corrected chi connectivity index (χ1v) is 2.86. The van der Waals surface area contributed by atoms with Crippen LogP contribution in [0.2, 0.25) is 0 Å². The number of hydrogen-bond acceptors (Lipinski definition) is 1. The van der Waals surface area contributed by atoms with E-state index in [0.29, 0.717) is 0 Å². The molecule has 3 heteroatoms. The van der Waals surface area contributed by atoms with Crippen molar-refractivity contribution in [2.24, 2.45) is 0 Å². The van der Waals surface area contributed by atoms with E-state index in [1.165, 1.54) is 12.3 Å². The van der Waals surface area contributed by atoms with Gasteiger partial charge in [0.15, 0.2) is 5.82 Å². The number of halogens is 2. The lowest BCUT2D eigenvalue weighted by Gasteiger charge is -1.86. The molecule has 0 unspecified atom stereocenters. The SMILES string of the molecule is Fc1cccnc1Br. The van der Waals surface area contributed by atoms with E-state index in [9.17, 15) is 4.39 Å². The van der Waals surface area contributed by atoms with Gasteiger partial charge in [0.1, 0.15) is 4.60 Å². The molecule has 1 aromatic heterocycles. The van der Waals surface area contributed by atoms with Gasteiger partial charge in [0.25, 0.3) is 0 Å². The summed E-state index contributed by atoms with van der Waals surface area (Å²) in [6.45, 7) is 0. The molecule has 1 rings (SSSR count). The normalized spacial score (nSPS) is 9.25. The first-order valence-electron chi connectivity index (χ1n) is 2.07.